The van der Waals surface area contributed by atoms with Gasteiger partial charge in [0.05, 0.1) is 0 Å². The summed E-state index contributed by atoms with van der Waals surface area (Å²) in [5.41, 5.74) is 1.06. The van der Waals surface area contributed by atoms with E-state index >= 15 is 0 Å². The van der Waals surface area contributed by atoms with Crippen LogP contribution in [-0.2, 0) is 11.3 Å². The third-order valence-corrected chi connectivity index (χ3v) is 4.83. The molecule has 0 aliphatic carbocycles. The molecule has 2 heterocycles. The van der Waals surface area contributed by atoms with E-state index in [-0.39, 0.29) is 25.1 Å². The Morgan fingerprint density at radius 2 is 2.23 bits per heavy atom. The summed E-state index contributed by atoms with van der Waals surface area (Å²) in [6.45, 7) is 1.86. The number of ether oxygens (including phenoxy) is 2. The van der Waals surface area contributed by atoms with Crippen molar-refractivity contribution in [3.63, 3.8) is 0 Å². The molecule has 0 saturated carbocycles. The fourth-order valence-corrected chi connectivity index (χ4v) is 3.47. The molecule has 1 fully saturated rings. The zero-order valence-electron chi connectivity index (χ0n) is 12.5. The van der Waals surface area contributed by atoms with Crippen LogP contribution < -0.4 is 14.8 Å². The molecule has 3 rings (SSSR count). The predicted octanol–water partition coefficient (Wildman–Crippen LogP) is 1.89. The number of hydrogen-bond acceptors (Lipinski definition) is 5. The number of rotatable bonds is 4. The van der Waals surface area contributed by atoms with E-state index in [1.54, 1.807) is 4.90 Å². The zero-order valence-corrected chi connectivity index (χ0v) is 14.2. The number of amides is 1. The van der Waals surface area contributed by atoms with Crippen molar-refractivity contribution < 1.29 is 14.3 Å². The largest absolute Gasteiger partial charge is 0.454 e. The first-order valence-corrected chi connectivity index (χ1v) is 8.31. The predicted molar refractivity (Wildman–Crippen MR) is 90.0 cm³/mol. The molecule has 0 aromatic heterocycles. The van der Waals surface area contributed by atoms with Gasteiger partial charge in [-0.25, -0.2) is 0 Å². The van der Waals surface area contributed by atoms with Crippen molar-refractivity contribution in [2.75, 3.05) is 31.9 Å². The molecule has 7 heteroatoms. The van der Waals surface area contributed by atoms with Crippen LogP contribution in [-0.4, -0.2) is 48.7 Å². The van der Waals surface area contributed by atoms with Gasteiger partial charge in [0, 0.05) is 44.1 Å². The minimum Gasteiger partial charge on any atom is -0.454 e. The van der Waals surface area contributed by atoms with Crippen LogP contribution in [0.1, 0.15) is 12.0 Å². The molecule has 122 valence electrons. The van der Waals surface area contributed by atoms with Gasteiger partial charge in [0.2, 0.25) is 12.7 Å². The molecule has 0 radical (unpaired) electrons. The molecule has 1 atom stereocenters. The molecule has 1 amide bonds. The van der Waals surface area contributed by atoms with Crippen LogP contribution in [0.2, 0.25) is 0 Å². The number of fused-ring (bicyclic) bond motifs is 1. The Labute approximate surface area is 141 Å². The minimum atomic E-state index is 0. The molecule has 1 unspecified atom stereocenters. The van der Waals surface area contributed by atoms with Gasteiger partial charge in [-0.15, -0.1) is 12.4 Å². The van der Waals surface area contributed by atoms with E-state index in [0.29, 0.717) is 19.0 Å². The van der Waals surface area contributed by atoms with Gasteiger partial charge < -0.3 is 19.7 Å². The minimum absolute atomic E-state index is 0. The van der Waals surface area contributed by atoms with Crippen molar-refractivity contribution in [2.24, 2.45) is 0 Å². The van der Waals surface area contributed by atoms with Crippen LogP contribution in [0.5, 0.6) is 11.5 Å². The maximum Gasteiger partial charge on any atom is 0.231 e. The van der Waals surface area contributed by atoms with E-state index < -0.39 is 0 Å². The van der Waals surface area contributed by atoms with E-state index in [2.05, 4.69) is 5.32 Å². The molecule has 2 aliphatic heterocycles. The van der Waals surface area contributed by atoms with Gasteiger partial charge in [-0.2, -0.15) is 11.8 Å². The molecule has 0 spiro atoms. The summed E-state index contributed by atoms with van der Waals surface area (Å²) in [6.07, 6.45) is 0.564. The van der Waals surface area contributed by atoms with Crippen molar-refractivity contribution in [1.29, 1.82) is 0 Å². The molecule has 0 bridgehead atoms. The van der Waals surface area contributed by atoms with Gasteiger partial charge in [-0.1, -0.05) is 6.07 Å². The average molecular weight is 345 g/mol. The lowest BCUT2D eigenvalue weighted by molar-refractivity contribution is -0.130. The summed E-state index contributed by atoms with van der Waals surface area (Å²) in [5.74, 6) is 3.86. The van der Waals surface area contributed by atoms with Crippen molar-refractivity contribution in [2.45, 2.75) is 19.0 Å². The van der Waals surface area contributed by atoms with Crippen molar-refractivity contribution in [3.8, 4) is 11.5 Å². The number of nitrogens with zero attached hydrogens (tertiary/aromatic N) is 1. The summed E-state index contributed by atoms with van der Waals surface area (Å²) in [7, 11) is 1.85. The Kier molecular flexibility index (Phi) is 6.23. The smallest absolute Gasteiger partial charge is 0.231 e. The van der Waals surface area contributed by atoms with Gasteiger partial charge in [0.15, 0.2) is 11.5 Å². The number of hydrogen-bond donors (Lipinski definition) is 1. The van der Waals surface area contributed by atoms with Gasteiger partial charge in [-0.3, -0.25) is 4.79 Å². The second-order valence-corrected chi connectivity index (χ2v) is 6.52. The maximum atomic E-state index is 12.3. The molecule has 1 aromatic rings. The van der Waals surface area contributed by atoms with Crippen LogP contribution in [0.3, 0.4) is 0 Å². The van der Waals surface area contributed by atoms with Crippen LogP contribution >= 0.6 is 24.2 Å². The van der Waals surface area contributed by atoms with E-state index in [9.17, 15) is 4.79 Å². The lowest BCUT2D eigenvalue weighted by Crippen LogP contribution is -2.41. The molecular formula is C15H21ClN2O3S. The standard InChI is InChI=1S/C15H20N2O3S.ClH/c1-17(15(18)7-12-9-21-5-4-16-12)8-11-2-3-13-14(6-11)20-10-19-13;/h2-3,6,12,16H,4-5,7-10H2,1H3;1H. The van der Waals surface area contributed by atoms with E-state index in [1.165, 1.54) is 0 Å². The van der Waals surface area contributed by atoms with E-state index in [1.807, 2.05) is 37.0 Å². The Balaban J connectivity index is 0.00000176. The molecule has 1 saturated heterocycles. The highest BCUT2D eigenvalue weighted by molar-refractivity contribution is 7.99. The van der Waals surface area contributed by atoms with Crippen LogP contribution in [0.15, 0.2) is 18.2 Å². The first-order chi connectivity index (χ1) is 10.2. The number of carbonyl (C=O) groups is 1. The second kappa shape index (κ2) is 7.94. The molecule has 2 aliphatic rings. The average Bonchev–Trinajstić information content (AvgIpc) is 2.95. The maximum absolute atomic E-state index is 12.3. The quantitative estimate of drug-likeness (QED) is 0.904. The number of halogens is 1. The number of thioether (sulfide) groups is 1. The highest BCUT2D eigenvalue weighted by atomic mass is 35.5. The van der Waals surface area contributed by atoms with Crippen LogP contribution in [0.25, 0.3) is 0 Å². The molecule has 1 N–H and O–H groups in total. The summed E-state index contributed by atoms with van der Waals surface area (Å²) in [6, 6.07) is 6.12. The van der Waals surface area contributed by atoms with Crippen molar-refractivity contribution >= 4 is 30.1 Å². The lowest BCUT2D eigenvalue weighted by atomic mass is 10.1. The fraction of sp³-hybridized carbons (Fsp3) is 0.533. The molecule has 5 nitrogen and oxygen atoms in total. The second-order valence-electron chi connectivity index (χ2n) is 5.37. The summed E-state index contributed by atoms with van der Waals surface area (Å²) >= 11 is 1.91. The summed E-state index contributed by atoms with van der Waals surface area (Å²) < 4.78 is 10.7. The summed E-state index contributed by atoms with van der Waals surface area (Å²) in [4.78, 5) is 14.0. The van der Waals surface area contributed by atoms with E-state index in [0.717, 1.165) is 35.1 Å². The molecule has 22 heavy (non-hydrogen) atoms. The topological polar surface area (TPSA) is 50.8 Å². The summed E-state index contributed by atoms with van der Waals surface area (Å²) in [5, 5.41) is 3.40. The molecular weight excluding hydrogens is 324 g/mol. The van der Waals surface area contributed by atoms with E-state index in [4.69, 9.17) is 9.47 Å². The Hall–Kier alpha value is -1.11. The van der Waals surface area contributed by atoms with Gasteiger partial charge >= 0.3 is 0 Å². The van der Waals surface area contributed by atoms with Crippen molar-refractivity contribution in [3.05, 3.63) is 23.8 Å². The highest BCUT2D eigenvalue weighted by Crippen LogP contribution is 2.32. The van der Waals surface area contributed by atoms with Gasteiger partial charge in [0.25, 0.3) is 0 Å². The van der Waals surface area contributed by atoms with Crippen LogP contribution in [0, 0.1) is 0 Å². The SMILES string of the molecule is CN(Cc1ccc2c(c1)OCO2)C(=O)CC1CSCCN1.Cl. The Morgan fingerprint density at radius 3 is 3.00 bits per heavy atom. The Morgan fingerprint density at radius 1 is 1.41 bits per heavy atom. The highest BCUT2D eigenvalue weighted by Gasteiger charge is 2.20. The van der Waals surface area contributed by atoms with Gasteiger partial charge in [0.1, 0.15) is 0 Å². The van der Waals surface area contributed by atoms with Crippen molar-refractivity contribution in [1.82, 2.24) is 10.2 Å². The monoisotopic (exact) mass is 344 g/mol. The first-order valence-electron chi connectivity index (χ1n) is 7.16. The zero-order chi connectivity index (χ0) is 14.7. The number of carbonyl (C=O) groups excluding carboxylic acids is 1. The third-order valence-electron chi connectivity index (χ3n) is 3.70. The third kappa shape index (κ3) is 4.21. The first kappa shape index (κ1) is 17.2. The molecule has 1 aromatic carbocycles. The Bertz CT molecular complexity index is 524. The number of benzene rings is 1. The van der Waals surface area contributed by atoms with Gasteiger partial charge in [-0.05, 0) is 17.7 Å². The fourth-order valence-electron chi connectivity index (χ4n) is 2.52. The van der Waals surface area contributed by atoms with Crippen LogP contribution in [0.4, 0.5) is 0 Å². The lowest BCUT2D eigenvalue weighted by Gasteiger charge is -2.25. The number of nitrogens with one attached hydrogen (secondary N) is 1. The normalized spacial score (nSPS) is 19.4.